The Morgan fingerprint density at radius 1 is 1.20 bits per heavy atom. The highest BCUT2D eigenvalue weighted by Crippen LogP contribution is 2.30. The highest BCUT2D eigenvalue weighted by molar-refractivity contribution is 9.10. The molecule has 1 heterocycles. The van der Waals surface area contributed by atoms with Gasteiger partial charge < -0.3 is 15.0 Å². The van der Waals surface area contributed by atoms with Crippen LogP contribution in [-0.4, -0.2) is 42.2 Å². The first-order chi connectivity index (χ1) is 14.3. The fourth-order valence-corrected chi connectivity index (χ4v) is 4.19. The minimum Gasteiger partial charge on any atom is -0.378 e. The van der Waals surface area contributed by atoms with Crippen molar-refractivity contribution in [3.8, 4) is 0 Å². The van der Waals surface area contributed by atoms with Crippen LogP contribution < -0.4 is 15.5 Å². The van der Waals surface area contributed by atoms with E-state index in [0.717, 1.165) is 21.3 Å². The molecule has 2 aromatic carbocycles. The standard InChI is InChI=1S/C20H21BrN4O4S/c1-12-9-15(21)10-13(2)18(12)22-20(30)23-19(26)14-3-4-16(17(11-14)25(27)28)24-5-7-29-8-6-24/h3-4,9-11H,5-8H2,1-2H3,(H2,22,23,26,30). The average molecular weight is 493 g/mol. The third kappa shape index (κ3) is 5.13. The van der Waals surface area contributed by atoms with Crippen LogP contribution in [0.5, 0.6) is 0 Å². The molecule has 1 saturated heterocycles. The van der Waals surface area contributed by atoms with Gasteiger partial charge in [0.2, 0.25) is 0 Å². The predicted molar refractivity (Wildman–Crippen MR) is 123 cm³/mol. The molecule has 1 aliphatic heterocycles. The lowest BCUT2D eigenvalue weighted by Gasteiger charge is -2.28. The molecule has 0 saturated carbocycles. The number of nitro benzene ring substituents is 1. The average Bonchev–Trinajstić information content (AvgIpc) is 2.70. The van der Waals surface area contributed by atoms with Crippen molar-refractivity contribution in [3.05, 3.63) is 61.6 Å². The third-order valence-electron chi connectivity index (χ3n) is 4.75. The molecule has 0 radical (unpaired) electrons. The summed E-state index contributed by atoms with van der Waals surface area (Å²) in [6, 6.07) is 8.31. The molecule has 10 heteroatoms. The molecule has 0 atom stereocenters. The van der Waals surface area contributed by atoms with Crippen molar-refractivity contribution in [1.82, 2.24) is 5.32 Å². The van der Waals surface area contributed by atoms with Crippen LogP contribution in [-0.2, 0) is 4.74 Å². The van der Waals surface area contributed by atoms with Crippen LogP contribution in [0.25, 0.3) is 0 Å². The van der Waals surface area contributed by atoms with Crippen molar-refractivity contribution < 1.29 is 14.5 Å². The summed E-state index contributed by atoms with van der Waals surface area (Å²) in [5.41, 5.74) is 3.24. The molecule has 1 amide bonds. The molecule has 158 valence electrons. The molecule has 0 aliphatic carbocycles. The van der Waals surface area contributed by atoms with E-state index in [1.54, 1.807) is 12.1 Å². The molecular formula is C20H21BrN4O4S. The van der Waals surface area contributed by atoms with Gasteiger partial charge in [0.05, 0.1) is 18.1 Å². The van der Waals surface area contributed by atoms with Gasteiger partial charge in [-0.05, 0) is 61.5 Å². The number of nitrogens with zero attached hydrogens (tertiary/aromatic N) is 2. The number of hydrogen-bond acceptors (Lipinski definition) is 6. The molecule has 0 bridgehead atoms. The zero-order valence-corrected chi connectivity index (χ0v) is 18.9. The van der Waals surface area contributed by atoms with Crippen LogP contribution in [0.4, 0.5) is 17.1 Å². The second-order valence-corrected chi connectivity index (χ2v) is 8.21. The molecule has 1 fully saturated rings. The molecule has 3 rings (SSSR count). The number of thiocarbonyl (C=S) groups is 1. The summed E-state index contributed by atoms with van der Waals surface area (Å²) in [6.45, 7) is 6.00. The Balaban J connectivity index is 1.75. The van der Waals surface area contributed by atoms with Gasteiger partial charge in [0, 0.05) is 34.9 Å². The summed E-state index contributed by atoms with van der Waals surface area (Å²) in [5.74, 6) is -0.517. The molecule has 0 aromatic heterocycles. The van der Waals surface area contributed by atoms with Crippen molar-refractivity contribution in [3.63, 3.8) is 0 Å². The van der Waals surface area contributed by atoms with E-state index in [2.05, 4.69) is 26.6 Å². The van der Waals surface area contributed by atoms with Crippen molar-refractivity contribution in [2.75, 3.05) is 36.5 Å². The van der Waals surface area contributed by atoms with Crippen LogP contribution in [0.1, 0.15) is 21.5 Å². The normalized spacial score (nSPS) is 13.6. The maximum Gasteiger partial charge on any atom is 0.293 e. The quantitative estimate of drug-likeness (QED) is 0.379. The highest BCUT2D eigenvalue weighted by atomic mass is 79.9. The van der Waals surface area contributed by atoms with Crippen LogP contribution in [0, 0.1) is 24.0 Å². The minimum atomic E-state index is -0.517. The van der Waals surface area contributed by atoms with E-state index in [0.29, 0.717) is 32.0 Å². The van der Waals surface area contributed by atoms with E-state index in [1.165, 1.54) is 6.07 Å². The number of hydrogen-bond donors (Lipinski definition) is 2. The van der Waals surface area contributed by atoms with Gasteiger partial charge in [0.1, 0.15) is 5.69 Å². The second-order valence-electron chi connectivity index (χ2n) is 6.88. The Kier molecular flexibility index (Phi) is 7.01. The zero-order valence-electron chi connectivity index (χ0n) is 16.5. The van der Waals surface area contributed by atoms with Crippen LogP contribution in [0.2, 0.25) is 0 Å². The summed E-state index contributed by atoms with van der Waals surface area (Å²) in [7, 11) is 0. The Bertz CT molecular complexity index is 985. The maximum atomic E-state index is 12.6. The first-order valence-electron chi connectivity index (χ1n) is 9.26. The number of rotatable bonds is 4. The van der Waals surface area contributed by atoms with Crippen LogP contribution >= 0.6 is 28.1 Å². The molecule has 2 aromatic rings. The molecule has 8 nitrogen and oxygen atoms in total. The predicted octanol–water partition coefficient (Wildman–Crippen LogP) is 3.94. The number of nitro groups is 1. The summed E-state index contributed by atoms with van der Waals surface area (Å²) in [5, 5.41) is 17.3. The lowest BCUT2D eigenvalue weighted by Crippen LogP contribution is -2.37. The smallest absolute Gasteiger partial charge is 0.293 e. The number of anilines is 2. The molecule has 0 spiro atoms. The van der Waals surface area contributed by atoms with Gasteiger partial charge in [0.25, 0.3) is 11.6 Å². The molecule has 0 unspecified atom stereocenters. The van der Waals surface area contributed by atoms with E-state index < -0.39 is 10.8 Å². The van der Waals surface area contributed by atoms with Gasteiger partial charge in [-0.3, -0.25) is 20.2 Å². The Morgan fingerprint density at radius 3 is 2.43 bits per heavy atom. The van der Waals surface area contributed by atoms with Crippen LogP contribution in [0.3, 0.4) is 0 Å². The lowest BCUT2D eigenvalue weighted by molar-refractivity contribution is -0.384. The molecule has 1 aliphatic rings. The Morgan fingerprint density at radius 2 is 1.83 bits per heavy atom. The van der Waals surface area contributed by atoms with Gasteiger partial charge in [0.15, 0.2) is 5.11 Å². The van der Waals surface area contributed by atoms with Gasteiger partial charge in [-0.25, -0.2) is 0 Å². The monoisotopic (exact) mass is 492 g/mol. The SMILES string of the molecule is Cc1cc(Br)cc(C)c1NC(=S)NC(=O)c1ccc(N2CCOCC2)c([N+](=O)[O-])c1. The van der Waals surface area contributed by atoms with Gasteiger partial charge in [-0.2, -0.15) is 0 Å². The number of nitrogens with one attached hydrogen (secondary N) is 2. The fraction of sp³-hybridized carbons (Fsp3) is 0.300. The molecule has 30 heavy (non-hydrogen) atoms. The van der Waals surface area contributed by atoms with E-state index in [1.807, 2.05) is 30.9 Å². The first kappa shape index (κ1) is 22.1. The summed E-state index contributed by atoms with van der Waals surface area (Å²) in [6.07, 6.45) is 0. The number of ether oxygens (including phenoxy) is 1. The number of benzene rings is 2. The van der Waals surface area contributed by atoms with E-state index >= 15 is 0 Å². The number of carbonyl (C=O) groups excluding carboxylic acids is 1. The Labute approximate surface area is 187 Å². The zero-order chi connectivity index (χ0) is 21.8. The van der Waals surface area contributed by atoms with E-state index in [4.69, 9.17) is 17.0 Å². The van der Waals surface area contributed by atoms with Crippen molar-refractivity contribution in [1.29, 1.82) is 0 Å². The van der Waals surface area contributed by atoms with Crippen molar-refractivity contribution in [2.24, 2.45) is 0 Å². The fourth-order valence-electron chi connectivity index (χ4n) is 3.31. The van der Waals surface area contributed by atoms with E-state index in [9.17, 15) is 14.9 Å². The Hall–Kier alpha value is -2.56. The van der Waals surface area contributed by atoms with Crippen molar-refractivity contribution in [2.45, 2.75) is 13.8 Å². The summed E-state index contributed by atoms with van der Waals surface area (Å²) < 4.78 is 6.25. The van der Waals surface area contributed by atoms with Gasteiger partial charge in [-0.15, -0.1) is 0 Å². The van der Waals surface area contributed by atoms with E-state index in [-0.39, 0.29) is 16.4 Å². The molecule has 2 N–H and O–H groups in total. The largest absolute Gasteiger partial charge is 0.378 e. The number of halogens is 1. The number of carbonyl (C=O) groups is 1. The van der Waals surface area contributed by atoms with Gasteiger partial charge >= 0.3 is 0 Å². The topological polar surface area (TPSA) is 96.7 Å². The summed E-state index contributed by atoms with van der Waals surface area (Å²) >= 11 is 8.71. The highest BCUT2D eigenvalue weighted by Gasteiger charge is 2.23. The third-order valence-corrected chi connectivity index (χ3v) is 5.41. The molecular weight excluding hydrogens is 472 g/mol. The minimum absolute atomic E-state index is 0.119. The maximum absolute atomic E-state index is 12.6. The number of morpholine rings is 1. The number of amides is 1. The van der Waals surface area contributed by atoms with Gasteiger partial charge in [-0.1, -0.05) is 15.9 Å². The van der Waals surface area contributed by atoms with Crippen molar-refractivity contribution >= 4 is 56.2 Å². The summed E-state index contributed by atoms with van der Waals surface area (Å²) in [4.78, 5) is 25.6. The number of aryl methyl sites for hydroxylation is 2. The lowest BCUT2D eigenvalue weighted by atomic mass is 10.1. The van der Waals surface area contributed by atoms with Crippen LogP contribution in [0.15, 0.2) is 34.8 Å². The second kappa shape index (κ2) is 9.50. The first-order valence-corrected chi connectivity index (χ1v) is 10.5.